The number of amides is 1. The number of hydrogen-bond acceptors (Lipinski definition) is 5. The maximum atomic E-state index is 13.3. The second-order valence-corrected chi connectivity index (χ2v) is 9.08. The molecule has 1 unspecified atom stereocenters. The summed E-state index contributed by atoms with van der Waals surface area (Å²) in [5.41, 5.74) is -1.49. The van der Waals surface area contributed by atoms with Crippen LogP contribution in [0, 0.1) is 0 Å². The van der Waals surface area contributed by atoms with Crippen molar-refractivity contribution in [1.29, 1.82) is 0 Å². The summed E-state index contributed by atoms with van der Waals surface area (Å²) in [6, 6.07) is 0. The summed E-state index contributed by atoms with van der Waals surface area (Å²) in [7, 11) is 0. The van der Waals surface area contributed by atoms with E-state index in [1.54, 1.807) is 30.2 Å². The van der Waals surface area contributed by atoms with Gasteiger partial charge in [0.15, 0.2) is 12.0 Å². The van der Waals surface area contributed by atoms with Gasteiger partial charge in [0.2, 0.25) is 0 Å². The van der Waals surface area contributed by atoms with Crippen molar-refractivity contribution in [2.24, 2.45) is 0 Å². The van der Waals surface area contributed by atoms with E-state index in [1.807, 2.05) is 0 Å². The van der Waals surface area contributed by atoms with Gasteiger partial charge >= 0.3 is 12.3 Å². The van der Waals surface area contributed by atoms with Gasteiger partial charge in [-0.3, -0.25) is 0 Å². The molecule has 176 valence electrons. The average Bonchev–Trinajstić information content (AvgIpc) is 3.12. The SMILES string of the molecule is CC(C)(C)OC(=O)N1CCC(c2nc(C(F)(F)F)cn2CCOC2CCCCO2)CC1. The number of nitrogens with zero attached hydrogens (tertiary/aromatic N) is 3. The van der Waals surface area contributed by atoms with Crippen LogP contribution in [0.3, 0.4) is 0 Å². The Labute approximate surface area is 180 Å². The number of rotatable bonds is 5. The highest BCUT2D eigenvalue weighted by Crippen LogP contribution is 2.33. The van der Waals surface area contributed by atoms with E-state index in [0.717, 1.165) is 25.5 Å². The third kappa shape index (κ3) is 6.83. The minimum Gasteiger partial charge on any atom is -0.444 e. The Balaban J connectivity index is 1.62. The third-order valence-corrected chi connectivity index (χ3v) is 5.38. The topological polar surface area (TPSA) is 65.8 Å². The highest BCUT2D eigenvalue weighted by Gasteiger charge is 2.37. The van der Waals surface area contributed by atoms with Gasteiger partial charge in [-0.1, -0.05) is 0 Å². The molecule has 0 aliphatic carbocycles. The normalized spacial score (nSPS) is 21.4. The number of imidazole rings is 1. The molecular weight excluding hydrogens is 415 g/mol. The number of halogens is 3. The summed E-state index contributed by atoms with van der Waals surface area (Å²) >= 11 is 0. The van der Waals surface area contributed by atoms with Crippen molar-refractivity contribution in [3.8, 4) is 0 Å². The molecule has 10 heteroatoms. The molecule has 2 aliphatic heterocycles. The van der Waals surface area contributed by atoms with E-state index in [2.05, 4.69) is 4.98 Å². The zero-order valence-corrected chi connectivity index (χ0v) is 18.4. The molecule has 0 saturated carbocycles. The number of likely N-dealkylation sites (tertiary alicyclic amines) is 1. The molecule has 0 N–H and O–H groups in total. The van der Waals surface area contributed by atoms with Crippen molar-refractivity contribution in [3.05, 3.63) is 17.7 Å². The molecular formula is C21H32F3N3O4. The number of hydrogen-bond donors (Lipinski definition) is 0. The van der Waals surface area contributed by atoms with Gasteiger partial charge in [-0.25, -0.2) is 9.78 Å². The molecule has 7 nitrogen and oxygen atoms in total. The van der Waals surface area contributed by atoms with Crippen LogP contribution in [0.2, 0.25) is 0 Å². The predicted molar refractivity (Wildman–Crippen MR) is 107 cm³/mol. The van der Waals surface area contributed by atoms with Gasteiger partial charge in [0, 0.05) is 38.4 Å². The summed E-state index contributed by atoms with van der Waals surface area (Å²) in [5, 5.41) is 0. The number of carbonyl (C=O) groups is 1. The van der Waals surface area contributed by atoms with Gasteiger partial charge in [0.25, 0.3) is 0 Å². The van der Waals surface area contributed by atoms with Gasteiger partial charge in [-0.05, 0) is 52.9 Å². The van der Waals surface area contributed by atoms with Crippen molar-refractivity contribution >= 4 is 6.09 Å². The monoisotopic (exact) mass is 447 g/mol. The van der Waals surface area contributed by atoms with E-state index in [1.165, 1.54) is 0 Å². The van der Waals surface area contributed by atoms with E-state index >= 15 is 0 Å². The van der Waals surface area contributed by atoms with E-state index in [-0.39, 0.29) is 25.4 Å². The van der Waals surface area contributed by atoms with Crippen molar-refractivity contribution < 1.29 is 32.2 Å². The summed E-state index contributed by atoms with van der Waals surface area (Å²) in [5.74, 6) is 0.227. The molecule has 3 heterocycles. The van der Waals surface area contributed by atoms with Crippen molar-refractivity contribution in [2.45, 2.75) is 83.4 Å². The van der Waals surface area contributed by atoms with Gasteiger partial charge in [0.1, 0.15) is 11.4 Å². The van der Waals surface area contributed by atoms with Crippen LogP contribution in [0.25, 0.3) is 0 Å². The molecule has 3 rings (SSSR count). The Morgan fingerprint density at radius 1 is 1.19 bits per heavy atom. The van der Waals surface area contributed by atoms with Gasteiger partial charge < -0.3 is 23.7 Å². The zero-order valence-electron chi connectivity index (χ0n) is 18.4. The maximum Gasteiger partial charge on any atom is 0.434 e. The Morgan fingerprint density at radius 3 is 2.48 bits per heavy atom. The summed E-state index contributed by atoms with van der Waals surface area (Å²) in [6.45, 7) is 7.40. The molecule has 0 bridgehead atoms. The number of aromatic nitrogens is 2. The van der Waals surface area contributed by atoms with Crippen LogP contribution in [0.15, 0.2) is 6.20 Å². The summed E-state index contributed by atoms with van der Waals surface area (Å²) in [6.07, 6.45) is -0.261. The Bertz CT molecular complexity index is 731. The lowest BCUT2D eigenvalue weighted by Crippen LogP contribution is -2.41. The van der Waals surface area contributed by atoms with Crippen molar-refractivity contribution in [2.75, 3.05) is 26.3 Å². The van der Waals surface area contributed by atoms with E-state index in [9.17, 15) is 18.0 Å². The van der Waals surface area contributed by atoms with Gasteiger partial charge in [-0.2, -0.15) is 13.2 Å². The van der Waals surface area contributed by atoms with Gasteiger partial charge in [-0.15, -0.1) is 0 Å². The van der Waals surface area contributed by atoms with Crippen LogP contribution in [0.4, 0.5) is 18.0 Å². The van der Waals surface area contributed by atoms with E-state index in [0.29, 0.717) is 38.4 Å². The fourth-order valence-electron chi connectivity index (χ4n) is 3.84. The molecule has 0 radical (unpaired) electrons. The predicted octanol–water partition coefficient (Wildman–Crippen LogP) is 4.56. The first-order valence-electron chi connectivity index (χ1n) is 10.9. The van der Waals surface area contributed by atoms with E-state index < -0.39 is 23.6 Å². The minimum atomic E-state index is -4.51. The lowest BCUT2D eigenvalue weighted by atomic mass is 9.96. The number of ether oxygens (including phenoxy) is 3. The lowest BCUT2D eigenvalue weighted by Gasteiger charge is -2.33. The smallest absolute Gasteiger partial charge is 0.434 e. The molecule has 1 amide bonds. The molecule has 31 heavy (non-hydrogen) atoms. The van der Waals surface area contributed by atoms with Crippen LogP contribution in [0.1, 0.15) is 70.3 Å². The highest BCUT2D eigenvalue weighted by molar-refractivity contribution is 5.68. The second-order valence-electron chi connectivity index (χ2n) is 9.08. The van der Waals surface area contributed by atoms with Crippen LogP contribution in [-0.4, -0.2) is 58.7 Å². The van der Waals surface area contributed by atoms with Crippen LogP contribution in [-0.2, 0) is 26.9 Å². The molecule has 0 aromatic carbocycles. The van der Waals surface area contributed by atoms with Crippen molar-refractivity contribution in [1.82, 2.24) is 14.5 Å². The molecule has 2 aliphatic rings. The maximum absolute atomic E-state index is 13.3. The largest absolute Gasteiger partial charge is 0.444 e. The lowest BCUT2D eigenvalue weighted by molar-refractivity contribution is -0.163. The number of alkyl halides is 3. The second kappa shape index (κ2) is 9.77. The minimum absolute atomic E-state index is 0.166. The highest BCUT2D eigenvalue weighted by atomic mass is 19.4. The molecule has 1 aromatic rings. The van der Waals surface area contributed by atoms with Crippen LogP contribution < -0.4 is 0 Å². The number of carbonyl (C=O) groups excluding carboxylic acids is 1. The third-order valence-electron chi connectivity index (χ3n) is 5.38. The fraction of sp³-hybridized carbons (Fsp3) is 0.810. The van der Waals surface area contributed by atoms with E-state index in [4.69, 9.17) is 14.2 Å². The van der Waals surface area contributed by atoms with Crippen LogP contribution in [0.5, 0.6) is 0 Å². The zero-order chi connectivity index (χ0) is 22.6. The molecule has 2 fully saturated rings. The Kier molecular flexibility index (Phi) is 7.51. The molecule has 2 saturated heterocycles. The fourth-order valence-corrected chi connectivity index (χ4v) is 3.84. The first-order valence-corrected chi connectivity index (χ1v) is 10.9. The Morgan fingerprint density at radius 2 is 1.90 bits per heavy atom. The first-order chi connectivity index (χ1) is 14.5. The number of piperidine rings is 1. The Hall–Kier alpha value is -1.81. The van der Waals surface area contributed by atoms with Gasteiger partial charge in [0.05, 0.1) is 6.61 Å². The first kappa shape index (κ1) is 23.8. The standard InChI is InChI=1S/C21H32F3N3O4/c1-20(2,3)31-19(28)26-9-7-15(8-10-26)18-25-16(21(22,23)24)14-27(18)11-13-30-17-6-4-5-12-29-17/h14-15,17H,4-13H2,1-3H3. The molecule has 0 spiro atoms. The summed E-state index contributed by atoms with van der Waals surface area (Å²) in [4.78, 5) is 17.8. The van der Waals surface area contributed by atoms with Crippen molar-refractivity contribution in [3.63, 3.8) is 0 Å². The molecule has 1 atom stereocenters. The van der Waals surface area contributed by atoms with Crippen LogP contribution >= 0.6 is 0 Å². The molecule has 1 aromatic heterocycles. The average molecular weight is 447 g/mol. The summed E-state index contributed by atoms with van der Waals surface area (Å²) < 4.78 is 58.0. The quantitative estimate of drug-likeness (QED) is 0.662.